The monoisotopic (exact) mass is 300 g/mol. The molecule has 0 spiro atoms. The van der Waals surface area contributed by atoms with Crippen LogP contribution in [0.2, 0.25) is 0 Å². The Morgan fingerprint density at radius 2 is 2.12 bits per heavy atom. The molecule has 2 aliphatic rings. The van der Waals surface area contributed by atoms with Crippen molar-refractivity contribution in [2.24, 2.45) is 16.7 Å². The smallest absolute Gasteiger partial charge is 0.334 e. The lowest BCUT2D eigenvalue weighted by Gasteiger charge is -2.38. The molecule has 0 amide bonds. The molecule has 17 heavy (non-hydrogen) atoms. The number of hydrogen-bond donors (Lipinski definition) is 0. The Bertz CT molecular complexity index is 361. The van der Waals surface area contributed by atoms with Gasteiger partial charge < -0.3 is 4.74 Å². The maximum atomic E-state index is 11.8. The number of carbonyl (C=O) groups is 1. The van der Waals surface area contributed by atoms with Crippen LogP contribution in [0.15, 0.2) is 12.2 Å². The molecule has 96 valence electrons. The van der Waals surface area contributed by atoms with Crippen molar-refractivity contribution in [1.82, 2.24) is 0 Å². The van der Waals surface area contributed by atoms with Crippen LogP contribution in [0.5, 0.6) is 0 Å². The Hall–Kier alpha value is -0.310. The highest BCUT2D eigenvalue weighted by atomic mass is 79.9. The lowest BCUT2D eigenvalue weighted by atomic mass is 9.70. The Balaban J connectivity index is 2.11. The standard InChI is InChI=1S/C14H21BrO2/c1-9(8-15)12(16)17-11-7-10-5-6-14(11,4)13(10,2)3/h10-11H,1,5-8H2,2-4H3. The second-order valence-corrected chi connectivity index (χ2v) is 6.80. The zero-order chi connectivity index (χ0) is 12.8. The van der Waals surface area contributed by atoms with Crippen molar-refractivity contribution in [2.45, 2.75) is 46.1 Å². The Morgan fingerprint density at radius 3 is 2.53 bits per heavy atom. The molecule has 2 aliphatic carbocycles. The van der Waals surface area contributed by atoms with E-state index in [2.05, 4.69) is 43.3 Å². The average molecular weight is 301 g/mol. The zero-order valence-corrected chi connectivity index (χ0v) is 12.5. The molecule has 3 unspecified atom stereocenters. The maximum absolute atomic E-state index is 11.8. The van der Waals surface area contributed by atoms with Crippen molar-refractivity contribution in [1.29, 1.82) is 0 Å². The van der Waals surface area contributed by atoms with Gasteiger partial charge in [0, 0.05) is 16.3 Å². The van der Waals surface area contributed by atoms with Gasteiger partial charge in [0.25, 0.3) is 0 Å². The molecule has 3 atom stereocenters. The van der Waals surface area contributed by atoms with Crippen LogP contribution < -0.4 is 0 Å². The third-order valence-electron chi connectivity index (χ3n) is 5.41. The number of ether oxygens (including phenoxy) is 1. The summed E-state index contributed by atoms with van der Waals surface area (Å²) in [5.41, 5.74) is 0.933. The van der Waals surface area contributed by atoms with Crippen LogP contribution in [-0.2, 0) is 9.53 Å². The highest BCUT2D eigenvalue weighted by molar-refractivity contribution is 9.09. The van der Waals surface area contributed by atoms with Crippen molar-refractivity contribution in [3.05, 3.63) is 12.2 Å². The fourth-order valence-electron chi connectivity index (χ4n) is 3.58. The van der Waals surface area contributed by atoms with E-state index in [1.165, 1.54) is 12.8 Å². The molecule has 2 nitrogen and oxygen atoms in total. The molecule has 0 aromatic carbocycles. The quantitative estimate of drug-likeness (QED) is 0.451. The lowest BCUT2D eigenvalue weighted by Crippen LogP contribution is -2.38. The topological polar surface area (TPSA) is 26.3 Å². The summed E-state index contributed by atoms with van der Waals surface area (Å²) in [5.74, 6) is 0.457. The second kappa shape index (κ2) is 4.11. The van der Waals surface area contributed by atoms with E-state index >= 15 is 0 Å². The Kier molecular flexibility index (Phi) is 3.18. The molecule has 0 aromatic heterocycles. The van der Waals surface area contributed by atoms with Gasteiger partial charge in [-0.05, 0) is 30.6 Å². The third-order valence-corrected chi connectivity index (χ3v) is 6.09. The molecule has 0 heterocycles. The number of fused-ring (bicyclic) bond motifs is 2. The number of carbonyl (C=O) groups excluding carboxylic acids is 1. The molecule has 3 heteroatoms. The van der Waals surface area contributed by atoms with Gasteiger partial charge in [0.05, 0.1) is 0 Å². The van der Waals surface area contributed by atoms with E-state index < -0.39 is 0 Å². The Labute approximate surface area is 112 Å². The normalized spacial score (nSPS) is 38.1. The van der Waals surface area contributed by atoms with Crippen molar-refractivity contribution in [3.63, 3.8) is 0 Å². The van der Waals surface area contributed by atoms with Gasteiger partial charge in [0.1, 0.15) is 6.10 Å². The van der Waals surface area contributed by atoms with E-state index in [0.29, 0.717) is 16.8 Å². The van der Waals surface area contributed by atoms with Crippen molar-refractivity contribution in [3.8, 4) is 0 Å². The van der Waals surface area contributed by atoms with Gasteiger partial charge in [-0.1, -0.05) is 43.3 Å². The number of hydrogen-bond acceptors (Lipinski definition) is 2. The summed E-state index contributed by atoms with van der Waals surface area (Å²) in [5, 5.41) is 0.488. The molecule has 0 aromatic rings. The van der Waals surface area contributed by atoms with E-state index in [4.69, 9.17) is 4.74 Å². The number of esters is 1. The highest BCUT2D eigenvalue weighted by Crippen LogP contribution is 2.66. The minimum atomic E-state index is -0.239. The number of halogens is 1. The summed E-state index contributed by atoms with van der Waals surface area (Å²) >= 11 is 3.24. The van der Waals surface area contributed by atoms with Crippen LogP contribution in [-0.4, -0.2) is 17.4 Å². The van der Waals surface area contributed by atoms with Gasteiger partial charge in [-0.15, -0.1) is 0 Å². The SMILES string of the molecule is C=C(CBr)C(=O)OC1CC2CCC1(C)C2(C)C. The van der Waals surface area contributed by atoms with Crippen LogP contribution in [0.25, 0.3) is 0 Å². The predicted octanol–water partition coefficient (Wildman–Crippen LogP) is 3.70. The van der Waals surface area contributed by atoms with Gasteiger partial charge in [-0.2, -0.15) is 0 Å². The fraction of sp³-hybridized carbons (Fsp3) is 0.786. The fourth-order valence-corrected chi connectivity index (χ4v) is 3.80. The van der Waals surface area contributed by atoms with Gasteiger partial charge in [0.15, 0.2) is 0 Å². The molecule has 2 fully saturated rings. The first-order valence-electron chi connectivity index (χ1n) is 6.27. The summed E-state index contributed by atoms with van der Waals surface area (Å²) < 4.78 is 5.67. The summed E-state index contributed by atoms with van der Waals surface area (Å²) in [6.07, 6.45) is 3.53. The number of rotatable bonds is 3. The van der Waals surface area contributed by atoms with E-state index in [0.717, 1.165) is 6.42 Å². The summed E-state index contributed by atoms with van der Waals surface area (Å²) in [6, 6.07) is 0. The minimum Gasteiger partial charge on any atom is -0.458 e. The van der Waals surface area contributed by atoms with Crippen molar-refractivity contribution >= 4 is 21.9 Å². The van der Waals surface area contributed by atoms with Crippen LogP contribution in [0, 0.1) is 16.7 Å². The minimum absolute atomic E-state index is 0.0690. The van der Waals surface area contributed by atoms with Crippen LogP contribution >= 0.6 is 15.9 Å². The molecule has 0 saturated heterocycles. The molecule has 2 rings (SSSR count). The Morgan fingerprint density at radius 1 is 1.47 bits per heavy atom. The second-order valence-electron chi connectivity index (χ2n) is 6.24. The average Bonchev–Trinajstić information content (AvgIpc) is 2.60. The first-order valence-corrected chi connectivity index (χ1v) is 7.40. The predicted molar refractivity (Wildman–Crippen MR) is 72.0 cm³/mol. The molecule has 0 aliphatic heterocycles. The van der Waals surface area contributed by atoms with Crippen molar-refractivity contribution < 1.29 is 9.53 Å². The summed E-state index contributed by atoms with van der Waals surface area (Å²) in [6.45, 7) is 10.6. The zero-order valence-electron chi connectivity index (χ0n) is 10.9. The lowest BCUT2D eigenvalue weighted by molar-refractivity contribution is -0.151. The van der Waals surface area contributed by atoms with Crippen LogP contribution in [0.4, 0.5) is 0 Å². The number of alkyl halides is 1. The van der Waals surface area contributed by atoms with Gasteiger partial charge in [-0.25, -0.2) is 4.79 Å². The summed E-state index contributed by atoms with van der Waals surface area (Å²) in [4.78, 5) is 11.8. The molecular weight excluding hydrogens is 280 g/mol. The first-order chi connectivity index (χ1) is 7.83. The molecule has 0 N–H and O–H groups in total. The highest BCUT2D eigenvalue weighted by Gasteiger charge is 2.62. The third kappa shape index (κ3) is 1.78. The first kappa shape index (κ1) is 13.1. The van der Waals surface area contributed by atoms with Crippen molar-refractivity contribution in [2.75, 3.05) is 5.33 Å². The maximum Gasteiger partial charge on any atom is 0.334 e. The summed E-state index contributed by atoms with van der Waals surface area (Å²) in [7, 11) is 0. The molecule has 2 bridgehead atoms. The van der Waals surface area contributed by atoms with Gasteiger partial charge in [-0.3, -0.25) is 0 Å². The van der Waals surface area contributed by atoms with E-state index in [9.17, 15) is 4.79 Å². The molecule has 2 saturated carbocycles. The molecular formula is C14H21BrO2. The molecule has 0 radical (unpaired) electrons. The van der Waals surface area contributed by atoms with E-state index in [-0.39, 0.29) is 22.9 Å². The van der Waals surface area contributed by atoms with Gasteiger partial charge >= 0.3 is 5.97 Å². The van der Waals surface area contributed by atoms with Crippen LogP contribution in [0.3, 0.4) is 0 Å². The van der Waals surface area contributed by atoms with E-state index in [1.54, 1.807) is 0 Å². The van der Waals surface area contributed by atoms with E-state index in [1.807, 2.05) is 0 Å². The van der Waals surface area contributed by atoms with Gasteiger partial charge in [0.2, 0.25) is 0 Å². The largest absolute Gasteiger partial charge is 0.458 e. The van der Waals surface area contributed by atoms with Crippen LogP contribution in [0.1, 0.15) is 40.0 Å².